The molecule has 1 heterocycles. The van der Waals surface area contributed by atoms with Gasteiger partial charge in [0.15, 0.2) is 0 Å². The van der Waals surface area contributed by atoms with Gasteiger partial charge in [0.2, 0.25) is 0 Å². The third-order valence-electron chi connectivity index (χ3n) is 3.96. The fourth-order valence-electron chi connectivity index (χ4n) is 2.70. The van der Waals surface area contributed by atoms with Gasteiger partial charge in [0, 0.05) is 52.0 Å². The van der Waals surface area contributed by atoms with Gasteiger partial charge in [0.05, 0.1) is 0 Å². The van der Waals surface area contributed by atoms with Gasteiger partial charge in [-0.3, -0.25) is 9.80 Å². The van der Waals surface area contributed by atoms with E-state index in [4.69, 9.17) is 4.74 Å². The van der Waals surface area contributed by atoms with Crippen LogP contribution in [0.4, 0.5) is 0 Å². The minimum atomic E-state index is 0.713. The maximum Gasteiger partial charge on any atom is 0.0466 e. The number of likely N-dealkylation sites (N-methyl/N-ethyl adjacent to an activating group) is 1. The van der Waals surface area contributed by atoms with Gasteiger partial charge in [0.25, 0.3) is 0 Å². The van der Waals surface area contributed by atoms with Crippen LogP contribution in [0.15, 0.2) is 0 Å². The normalized spacial score (nSPS) is 21.9. The average molecular weight is 271 g/mol. The molecule has 0 spiro atoms. The first-order valence-electron chi connectivity index (χ1n) is 8.02. The van der Waals surface area contributed by atoms with Crippen molar-refractivity contribution in [3.8, 4) is 0 Å². The van der Waals surface area contributed by atoms with E-state index in [0.29, 0.717) is 6.04 Å². The van der Waals surface area contributed by atoms with Crippen molar-refractivity contribution < 1.29 is 4.74 Å². The molecule has 1 unspecified atom stereocenters. The van der Waals surface area contributed by atoms with E-state index in [1.807, 2.05) is 0 Å². The Labute approximate surface area is 119 Å². The van der Waals surface area contributed by atoms with Crippen LogP contribution in [0.1, 0.15) is 33.6 Å². The molecule has 1 saturated heterocycles. The van der Waals surface area contributed by atoms with Gasteiger partial charge in [-0.15, -0.1) is 0 Å². The summed E-state index contributed by atoms with van der Waals surface area (Å²) in [6.07, 6.45) is 2.40. The third kappa shape index (κ3) is 7.25. The Morgan fingerprint density at radius 1 is 1.16 bits per heavy atom. The van der Waals surface area contributed by atoms with E-state index in [-0.39, 0.29) is 0 Å². The molecule has 19 heavy (non-hydrogen) atoms. The fourth-order valence-corrected chi connectivity index (χ4v) is 2.70. The van der Waals surface area contributed by atoms with Crippen LogP contribution in [0.2, 0.25) is 0 Å². The molecular weight excluding hydrogens is 238 g/mol. The Balaban J connectivity index is 1.93. The van der Waals surface area contributed by atoms with Crippen LogP contribution in [0.3, 0.4) is 0 Å². The lowest BCUT2D eigenvalue weighted by Gasteiger charge is -2.39. The molecule has 4 heteroatoms. The highest BCUT2D eigenvalue weighted by Gasteiger charge is 2.21. The molecule has 1 N–H and O–H groups in total. The van der Waals surface area contributed by atoms with Crippen LogP contribution >= 0.6 is 0 Å². The van der Waals surface area contributed by atoms with Crippen molar-refractivity contribution in [2.75, 3.05) is 59.0 Å². The second-order valence-corrected chi connectivity index (χ2v) is 5.43. The van der Waals surface area contributed by atoms with E-state index in [2.05, 4.69) is 35.9 Å². The maximum atomic E-state index is 5.33. The molecule has 0 aromatic carbocycles. The van der Waals surface area contributed by atoms with Gasteiger partial charge in [-0.25, -0.2) is 0 Å². The smallest absolute Gasteiger partial charge is 0.0466 e. The first kappa shape index (κ1) is 16.9. The van der Waals surface area contributed by atoms with Crippen LogP contribution in [0.25, 0.3) is 0 Å². The minimum absolute atomic E-state index is 0.713. The van der Waals surface area contributed by atoms with Crippen LogP contribution in [0.5, 0.6) is 0 Å². The molecule has 4 nitrogen and oxygen atoms in total. The molecule has 1 rings (SSSR count). The van der Waals surface area contributed by atoms with E-state index < -0.39 is 0 Å². The number of nitrogens with one attached hydrogen (secondary N) is 1. The number of unbranched alkanes of at least 4 members (excludes halogenated alkanes) is 1. The molecule has 0 radical (unpaired) electrons. The lowest BCUT2D eigenvalue weighted by Crippen LogP contribution is -2.52. The Kier molecular flexibility index (Phi) is 9.43. The third-order valence-corrected chi connectivity index (χ3v) is 3.96. The predicted octanol–water partition coefficient (Wildman–Crippen LogP) is 1.42. The zero-order valence-electron chi connectivity index (χ0n) is 13.2. The van der Waals surface area contributed by atoms with Crippen molar-refractivity contribution in [2.24, 2.45) is 0 Å². The standard InChI is InChI=1S/C15H33N3O/c1-4-18-12-11-17(14-15(18)3)10-9-16-8-6-7-13-19-5-2/h15-16H,4-14H2,1-3H3. The van der Waals surface area contributed by atoms with Gasteiger partial charge in [0.1, 0.15) is 0 Å². The van der Waals surface area contributed by atoms with E-state index >= 15 is 0 Å². The van der Waals surface area contributed by atoms with Crippen LogP contribution in [0, 0.1) is 0 Å². The summed E-state index contributed by atoms with van der Waals surface area (Å²) in [5, 5.41) is 3.54. The lowest BCUT2D eigenvalue weighted by atomic mass is 10.2. The Morgan fingerprint density at radius 3 is 2.68 bits per heavy atom. The Hall–Kier alpha value is -0.160. The van der Waals surface area contributed by atoms with Crippen molar-refractivity contribution in [3.05, 3.63) is 0 Å². The second-order valence-electron chi connectivity index (χ2n) is 5.43. The van der Waals surface area contributed by atoms with Crippen molar-refractivity contribution in [3.63, 3.8) is 0 Å². The molecule has 1 atom stereocenters. The van der Waals surface area contributed by atoms with Crippen LogP contribution in [-0.4, -0.2) is 74.9 Å². The zero-order chi connectivity index (χ0) is 13.9. The van der Waals surface area contributed by atoms with Crippen LogP contribution < -0.4 is 5.32 Å². The quantitative estimate of drug-likeness (QED) is 0.608. The highest BCUT2D eigenvalue weighted by atomic mass is 16.5. The number of ether oxygens (including phenoxy) is 1. The molecule has 1 fully saturated rings. The summed E-state index contributed by atoms with van der Waals surface area (Å²) in [5.74, 6) is 0. The molecule has 114 valence electrons. The predicted molar refractivity (Wildman–Crippen MR) is 81.7 cm³/mol. The summed E-state index contributed by atoms with van der Waals surface area (Å²) in [6.45, 7) is 16.7. The summed E-state index contributed by atoms with van der Waals surface area (Å²) < 4.78 is 5.33. The molecular formula is C15H33N3O. The van der Waals surface area contributed by atoms with Gasteiger partial charge < -0.3 is 10.1 Å². The fraction of sp³-hybridized carbons (Fsp3) is 1.00. The molecule has 0 saturated carbocycles. The van der Waals surface area contributed by atoms with Crippen molar-refractivity contribution in [2.45, 2.75) is 39.7 Å². The summed E-state index contributed by atoms with van der Waals surface area (Å²) >= 11 is 0. The van der Waals surface area contributed by atoms with E-state index in [9.17, 15) is 0 Å². The molecule has 0 bridgehead atoms. The summed E-state index contributed by atoms with van der Waals surface area (Å²) in [4.78, 5) is 5.15. The molecule has 0 aliphatic carbocycles. The van der Waals surface area contributed by atoms with Gasteiger partial charge >= 0.3 is 0 Å². The second kappa shape index (κ2) is 10.6. The largest absolute Gasteiger partial charge is 0.382 e. The van der Waals surface area contributed by atoms with Crippen LogP contribution in [-0.2, 0) is 4.74 Å². The summed E-state index contributed by atoms with van der Waals surface area (Å²) in [7, 11) is 0. The highest BCUT2D eigenvalue weighted by Crippen LogP contribution is 2.07. The SMILES string of the molecule is CCOCCCCNCCN1CCN(CC)C(C)C1. The number of hydrogen-bond donors (Lipinski definition) is 1. The van der Waals surface area contributed by atoms with Gasteiger partial charge in [-0.1, -0.05) is 6.92 Å². The zero-order valence-corrected chi connectivity index (χ0v) is 13.2. The molecule has 0 amide bonds. The maximum absolute atomic E-state index is 5.33. The van der Waals surface area contributed by atoms with E-state index in [0.717, 1.165) is 26.3 Å². The first-order chi connectivity index (χ1) is 9.27. The monoisotopic (exact) mass is 271 g/mol. The van der Waals surface area contributed by atoms with Crippen molar-refractivity contribution in [1.29, 1.82) is 0 Å². The van der Waals surface area contributed by atoms with Gasteiger partial charge in [-0.05, 0) is 39.8 Å². The number of nitrogens with zero attached hydrogens (tertiary/aromatic N) is 2. The first-order valence-corrected chi connectivity index (χ1v) is 8.02. The van der Waals surface area contributed by atoms with Crippen molar-refractivity contribution >= 4 is 0 Å². The number of hydrogen-bond acceptors (Lipinski definition) is 4. The van der Waals surface area contributed by atoms with E-state index in [1.165, 1.54) is 45.6 Å². The number of piperazine rings is 1. The Bertz CT molecular complexity index is 214. The van der Waals surface area contributed by atoms with Gasteiger partial charge in [-0.2, -0.15) is 0 Å². The summed E-state index contributed by atoms with van der Waals surface area (Å²) in [6, 6.07) is 0.713. The average Bonchev–Trinajstić information content (AvgIpc) is 2.42. The molecule has 0 aromatic rings. The van der Waals surface area contributed by atoms with Crippen molar-refractivity contribution in [1.82, 2.24) is 15.1 Å². The van der Waals surface area contributed by atoms with E-state index in [1.54, 1.807) is 0 Å². The number of rotatable bonds is 10. The summed E-state index contributed by atoms with van der Waals surface area (Å²) in [5.41, 5.74) is 0. The lowest BCUT2D eigenvalue weighted by molar-refractivity contribution is 0.0887. The topological polar surface area (TPSA) is 27.7 Å². The highest BCUT2D eigenvalue weighted by molar-refractivity contribution is 4.78. The minimum Gasteiger partial charge on any atom is -0.382 e. The molecule has 0 aromatic heterocycles. The molecule has 1 aliphatic rings. The Morgan fingerprint density at radius 2 is 2.00 bits per heavy atom. The molecule has 1 aliphatic heterocycles.